The van der Waals surface area contributed by atoms with Crippen molar-refractivity contribution >= 4 is 11.9 Å². The summed E-state index contributed by atoms with van der Waals surface area (Å²) in [5.74, 6) is 1.70. The summed E-state index contributed by atoms with van der Waals surface area (Å²) in [5, 5.41) is 0. The van der Waals surface area contributed by atoms with Gasteiger partial charge in [-0.1, -0.05) is 41.0 Å². The van der Waals surface area contributed by atoms with Gasteiger partial charge in [-0.2, -0.15) is 0 Å². The predicted octanol–water partition coefficient (Wildman–Crippen LogP) is 5.20. The highest BCUT2D eigenvalue weighted by atomic mass is 16.5. The highest BCUT2D eigenvalue weighted by molar-refractivity contribution is 5.79. The van der Waals surface area contributed by atoms with Crippen LogP contribution in [0.4, 0.5) is 5.88 Å². The fourth-order valence-corrected chi connectivity index (χ4v) is 3.97. The van der Waals surface area contributed by atoms with E-state index in [4.69, 9.17) is 9.15 Å². The summed E-state index contributed by atoms with van der Waals surface area (Å²) >= 11 is 0. The normalized spacial score (nSPS) is 23.8. The Labute approximate surface area is 152 Å². The molecule has 1 atom stereocenters. The number of unbranched alkanes of at least 4 members (excludes halogenated alkanes) is 1. The molecule has 0 radical (unpaired) electrons. The minimum Gasteiger partial charge on any atom is -0.463 e. The summed E-state index contributed by atoms with van der Waals surface area (Å²) in [6.07, 6.45) is 3.09. The molecule has 142 valence electrons. The van der Waals surface area contributed by atoms with Gasteiger partial charge in [0.25, 0.3) is 0 Å². The van der Waals surface area contributed by atoms with Gasteiger partial charge in [0.05, 0.1) is 12.0 Å². The van der Waals surface area contributed by atoms with E-state index >= 15 is 0 Å². The summed E-state index contributed by atoms with van der Waals surface area (Å²) in [4.78, 5) is 14.9. The average Bonchev–Trinajstić information content (AvgIpc) is 2.96. The topological polar surface area (TPSA) is 42.7 Å². The van der Waals surface area contributed by atoms with Crippen LogP contribution in [0.15, 0.2) is 16.5 Å². The standard InChI is InChI=1S/C21H35NO3/c1-8-9-12-22(17-11-10-16(2)25-17)13-14-24-18(23)21(7)15-19(3,4)20(21,5)6/h10-11H,8-9,12-15H2,1-7H3. The van der Waals surface area contributed by atoms with Gasteiger partial charge in [-0.05, 0) is 43.6 Å². The maximum absolute atomic E-state index is 12.7. The van der Waals surface area contributed by atoms with Gasteiger partial charge >= 0.3 is 5.97 Å². The molecule has 0 bridgehead atoms. The first kappa shape index (κ1) is 19.9. The number of nitrogens with zero attached hydrogens (tertiary/aromatic N) is 1. The van der Waals surface area contributed by atoms with E-state index in [2.05, 4.69) is 39.5 Å². The van der Waals surface area contributed by atoms with Gasteiger partial charge in [-0.3, -0.25) is 4.79 Å². The molecule has 0 N–H and O–H groups in total. The molecule has 1 heterocycles. The van der Waals surface area contributed by atoms with E-state index < -0.39 is 5.41 Å². The molecule has 0 aliphatic heterocycles. The van der Waals surface area contributed by atoms with Gasteiger partial charge < -0.3 is 14.1 Å². The Morgan fingerprint density at radius 2 is 1.88 bits per heavy atom. The van der Waals surface area contributed by atoms with E-state index in [0.717, 1.165) is 37.5 Å². The lowest BCUT2D eigenvalue weighted by molar-refractivity contribution is -0.207. The van der Waals surface area contributed by atoms with Gasteiger partial charge in [-0.25, -0.2) is 0 Å². The fraction of sp³-hybridized carbons (Fsp3) is 0.762. The molecule has 0 spiro atoms. The van der Waals surface area contributed by atoms with Crippen LogP contribution in [-0.4, -0.2) is 25.7 Å². The molecule has 4 nitrogen and oxygen atoms in total. The van der Waals surface area contributed by atoms with E-state index in [9.17, 15) is 4.79 Å². The minimum absolute atomic E-state index is 0.0584. The molecule has 1 fully saturated rings. The van der Waals surface area contributed by atoms with Crippen molar-refractivity contribution in [1.29, 1.82) is 0 Å². The van der Waals surface area contributed by atoms with Crippen LogP contribution in [0.1, 0.15) is 66.6 Å². The van der Waals surface area contributed by atoms with Crippen molar-refractivity contribution in [3.8, 4) is 0 Å². The van der Waals surface area contributed by atoms with Gasteiger partial charge in [0.2, 0.25) is 0 Å². The Morgan fingerprint density at radius 3 is 2.36 bits per heavy atom. The van der Waals surface area contributed by atoms with E-state index in [0.29, 0.717) is 13.2 Å². The summed E-state index contributed by atoms with van der Waals surface area (Å²) in [7, 11) is 0. The number of carbonyl (C=O) groups excluding carboxylic acids is 1. The van der Waals surface area contributed by atoms with Gasteiger partial charge in [0.1, 0.15) is 12.4 Å². The van der Waals surface area contributed by atoms with Crippen LogP contribution in [-0.2, 0) is 9.53 Å². The van der Waals surface area contributed by atoms with Crippen molar-refractivity contribution < 1.29 is 13.9 Å². The van der Waals surface area contributed by atoms with Crippen molar-refractivity contribution in [2.75, 3.05) is 24.6 Å². The average molecular weight is 350 g/mol. The number of carbonyl (C=O) groups is 1. The van der Waals surface area contributed by atoms with Crippen LogP contribution >= 0.6 is 0 Å². The zero-order valence-electron chi connectivity index (χ0n) is 17.1. The smallest absolute Gasteiger partial charge is 0.312 e. The lowest BCUT2D eigenvalue weighted by Gasteiger charge is -2.64. The van der Waals surface area contributed by atoms with Gasteiger partial charge in [-0.15, -0.1) is 0 Å². The molecular formula is C21H35NO3. The number of hydrogen-bond donors (Lipinski definition) is 0. The summed E-state index contributed by atoms with van der Waals surface area (Å²) in [6.45, 7) is 17.0. The Morgan fingerprint density at radius 1 is 1.20 bits per heavy atom. The van der Waals surface area contributed by atoms with Crippen molar-refractivity contribution in [2.45, 2.75) is 67.7 Å². The van der Waals surface area contributed by atoms with E-state index in [1.807, 2.05) is 26.0 Å². The van der Waals surface area contributed by atoms with Crippen molar-refractivity contribution in [3.05, 3.63) is 17.9 Å². The second-order valence-electron chi connectivity index (χ2n) is 8.88. The highest BCUT2D eigenvalue weighted by Crippen LogP contribution is 2.67. The Bertz CT molecular complexity index is 602. The number of esters is 1. The van der Waals surface area contributed by atoms with Crippen LogP contribution in [0.5, 0.6) is 0 Å². The number of rotatable bonds is 8. The lowest BCUT2D eigenvalue weighted by atomic mass is 9.39. The third kappa shape index (κ3) is 3.58. The maximum atomic E-state index is 12.7. The Balaban J connectivity index is 1.92. The SMILES string of the molecule is CCCCN(CCOC(=O)C1(C)CC(C)(C)C1(C)C)c1ccc(C)o1. The quantitative estimate of drug-likeness (QED) is 0.605. The second-order valence-corrected chi connectivity index (χ2v) is 8.88. The molecule has 1 aliphatic rings. The molecule has 0 amide bonds. The summed E-state index contributed by atoms with van der Waals surface area (Å²) in [5.41, 5.74) is -0.289. The molecular weight excluding hydrogens is 314 g/mol. The molecule has 2 rings (SSSR count). The van der Waals surface area contributed by atoms with Crippen LogP contribution in [0.3, 0.4) is 0 Å². The van der Waals surface area contributed by atoms with E-state index in [1.165, 1.54) is 0 Å². The van der Waals surface area contributed by atoms with Crippen LogP contribution in [0.2, 0.25) is 0 Å². The Hall–Kier alpha value is -1.45. The van der Waals surface area contributed by atoms with Crippen molar-refractivity contribution in [1.82, 2.24) is 0 Å². The molecule has 4 heteroatoms. The van der Waals surface area contributed by atoms with Crippen molar-refractivity contribution in [3.63, 3.8) is 0 Å². The minimum atomic E-state index is -0.397. The first-order valence-corrected chi connectivity index (χ1v) is 9.54. The Kier molecular flexibility index (Phi) is 5.60. The number of ether oxygens (including phenoxy) is 1. The first-order chi connectivity index (χ1) is 11.5. The molecule has 1 saturated carbocycles. The zero-order chi connectivity index (χ0) is 18.9. The molecule has 0 aromatic carbocycles. The monoisotopic (exact) mass is 349 g/mol. The van der Waals surface area contributed by atoms with Crippen molar-refractivity contribution in [2.24, 2.45) is 16.2 Å². The van der Waals surface area contributed by atoms with E-state index in [-0.39, 0.29) is 16.8 Å². The molecule has 1 aromatic rings. The third-order valence-corrected chi connectivity index (χ3v) is 6.73. The van der Waals surface area contributed by atoms with Crippen LogP contribution in [0, 0.1) is 23.2 Å². The predicted molar refractivity (Wildman–Crippen MR) is 102 cm³/mol. The highest BCUT2D eigenvalue weighted by Gasteiger charge is 2.66. The lowest BCUT2D eigenvalue weighted by Crippen LogP contribution is -2.62. The number of hydrogen-bond acceptors (Lipinski definition) is 4. The molecule has 1 unspecified atom stereocenters. The molecule has 25 heavy (non-hydrogen) atoms. The van der Waals surface area contributed by atoms with Crippen LogP contribution < -0.4 is 4.90 Å². The second kappa shape index (κ2) is 7.05. The maximum Gasteiger partial charge on any atom is 0.312 e. The first-order valence-electron chi connectivity index (χ1n) is 9.54. The van der Waals surface area contributed by atoms with Crippen LogP contribution in [0.25, 0.3) is 0 Å². The third-order valence-electron chi connectivity index (χ3n) is 6.73. The number of furan rings is 1. The number of aryl methyl sites for hydroxylation is 1. The molecule has 1 aliphatic carbocycles. The number of anilines is 1. The largest absolute Gasteiger partial charge is 0.463 e. The summed E-state index contributed by atoms with van der Waals surface area (Å²) in [6, 6.07) is 3.96. The zero-order valence-corrected chi connectivity index (χ0v) is 17.1. The van der Waals surface area contributed by atoms with Gasteiger partial charge in [0, 0.05) is 12.6 Å². The van der Waals surface area contributed by atoms with E-state index in [1.54, 1.807) is 0 Å². The fourth-order valence-electron chi connectivity index (χ4n) is 3.97. The summed E-state index contributed by atoms with van der Waals surface area (Å²) < 4.78 is 11.4. The molecule has 1 aromatic heterocycles. The molecule has 0 saturated heterocycles. The van der Waals surface area contributed by atoms with Gasteiger partial charge in [0.15, 0.2) is 5.88 Å².